The summed E-state index contributed by atoms with van der Waals surface area (Å²) in [5.41, 5.74) is -0.520. The lowest BCUT2D eigenvalue weighted by Crippen LogP contribution is -2.27. The molecule has 4 heteroatoms. The van der Waals surface area contributed by atoms with Crippen molar-refractivity contribution >= 4 is 22.1 Å². The summed E-state index contributed by atoms with van der Waals surface area (Å²) in [5, 5.41) is 0. The largest absolute Gasteiger partial charge is 0.456 e. The molecule has 0 fully saturated rings. The Balaban J connectivity index is 4.21. The lowest BCUT2D eigenvalue weighted by Gasteiger charge is -2.18. The Morgan fingerprint density at radius 2 is 1.82 bits per heavy atom. The van der Waals surface area contributed by atoms with Gasteiger partial charge in [0.15, 0.2) is 0 Å². The van der Waals surface area contributed by atoms with Crippen LogP contribution in [0, 0.1) is 0 Å². The molecule has 0 aliphatic rings. The molecule has 0 unspecified atom stereocenters. The van der Waals surface area contributed by atoms with Crippen molar-refractivity contribution in [2.45, 2.75) is 33.3 Å². The molecular formula is C7H12O3S. The van der Waals surface area contributed by atoms with Gasteiger partial charge in [-0.25, -0.2) is 9.00 Å². The van der Waals surface area contributed by atoms with Crippen LogP contribution in [0.1, 0.15) is 27.7 Å². The third-order valence-corrected chi connectivity index (χ3v) is 1.23. The molecule has 64 valence electrons. The van der Waals surface area contributed by atoms with Gasteiger partial charge < -0.3 is 4.74 Å². The second-order valence-electron chi connectivity index (χ2n) is 3.14. The average molecular weight is 176 g/mol. The van der Waals surface area contributed by atoms with E-state index in [2.05, 4.69) is 0 Å². The summed E-state index contributed by atoms with van der Waals surface area (Å²) >= 11 is 0.166. The van der Waals surface area contributed by atoms with Crippen LogP contribution in [-0.2, 0) is 20.8 Å². The van der Waals surface area contributed by atoms with Crippen molar-refractivity contribution in [1.82, 2.24) is 0 Å². The minimum atomic E-state index is -0.530. The summed E-state index contributed by atoms with van der Waals surface area (Å²) < 4.78 is 15.0. The highest BCUT2D eigenvalue weighted by molar-refractivity contribution is 7.68. The van der Waals surface area contributed by atoms with E-state index in [1.54, 1.807) is 20.8 Å². The summed E-state index contributed by atoms with van der Waals surface area (Å²) in [7, 11) is 0. The highest BCUT2D eigenvalue weighted by atomic mass is 32.1. The molecule has 0 N–H and O–H groups in total. The van der Waals surface area contributed by atoms with E-state index in [4.69, 9.17) is 4.74 Å². The van der Waals surface area contributed by atoms with Gasteiger partial charge in [-0.1, -0.05) is 0 Å². The van der Waals surface area contributed by atoms with Crippen molar-refractivity contribution in [1.29, 1.82) is 0 Å². The van der Waals surface area contributed by atoms with Crippen molar-refractivity contribution in [3.63, 3.8) is 0 Å². The molecule has 0 amide bonds. The Bertz CT molecular complexity index is 208. The lowest BCUT2D eigenvalue weighted by atomic mass is 10.2. The van der Waals surface area contributed by atoms with Gasteiger partial charge in [0, 0.05) is 0 Å². The Morgan fingerprint density at radius 3 is 2.09 bits per heavy atom. The highest BCUT2D eigenvalue weighted by Crippen LogP contribution is 2.06. The molecule has 0 saturated heterocycles. The number of esters is 1. The highest BCUT2D eigenvalue weighted by Gasteiger charge is 2.17. The maximum atomic E-state index is 10.9. The Morgan fingerprint density at radius 1 is 1.36 bits per heavy atom. The fraction of sp³-hybridized carbons (Fsp3) is 0.714. The maximum Gasteiger partial charge on any atom is 0.347 e. The van der Waals surface area contributed by atoms with Crippen molar-refractivity contribution in [2.24, 2.45) is 0 Å². The maximum absolute atomic E-state index is 10.9. The number of hydrogen-bond acceptors (Lipinski definition) is 3. The molecular weight excluding hydrogens is 164 g/mol. The van der Waals surface area contributed by atoms with E-state index in [-0.39, 0.29) is 16.1 Å². The zero-order chi connectivity index (χ0) is 9.07. The summed E-state index contributed by atoms with van der Waals surface area (Å²) in [4.78, 5) is 11.0. The van der Waals surface area contributed by atoms with Gasteiger partial charge in [0.05, 0.1) is 11.3 Å². The molecule has 0 aromatic heterocycles. The van der Waals surface area contributed by atoms with E-state index in [1.807, 2.05) is 0 Å². The summed E-state index contributed by atoms with van der Waals surface area (Å²) in [6.45, 7) is 6.72. The van der Waals surface area contributed by atoms with Gasteiger partial charge in [-0.2, -0.15) is 0 Å². The molecule has 3 nitrogen and oxygen atoms in total. The number of carbonyl (C=O) groups excluding carboxylic acids is 1. The van der Waals surface area contributed by atoms with Crippen molar-refractivity contribution in [3.05, 3.63) is 0 Å². The number of rotatable bonds is 1. The Kier molecular flexibility index (Phi) is 3.45. The van der Waals surface area contributed by atoms with Crippen LogP contribution in [0.5, 0.6) is 0 Å². The van der Waals surface area contributed by atoms with E-state index in [9.17, 15) is 9.00 Å². The lowest BCUT2D eigenvalue weighted by molar-refractivity contribution is -0.145. The van der Waals surface area contributed by atoms with Gasteiger partial charge in [0.25, 0.3) is 0 Å². The molecule has 0 aromatic carbocycles. The normalized spacial score (nSPS) is 10.5. The topological polar surface area (TPSA) is 43.4 Å². The number of hydrogen-bond donors (Lipinski definition) is 0. The third-order valence-electron chi connectivity index (χ3n) is 0.811. The van der Waals surface area contributed by atoms with Crippen LogP contribution in [0.4, 0.5) is 0 Å². The second-order valence-corrected chi connectivity index (χ2v) is 3.92. The van der Waals surface area contributed by atoms with Crippen molar-refractivity contribution < 1.29 is 13.7 Å². The summed E-state index contributed by atoms with van der Waals surface area (Å²) in [5.74, 6) is -0.530. The fourth-order valence-electron chi connectivity index (χ4n) is 0.384. The molecule has 0 aromatic rings. The van der Waals surface area contributed by atoms with Gasteiger partial charge >= 0.3 is 5.97 Å². The van der Waals surface area contributed by atoms with E-state index in [0.717, 1.165) is 0 Å². The zero-order valence-electron chi connectivity index (χ0n) is 7.13. The van der Waals surface area contributed by atoms with Crippen LogP contribution in [0.2, 0.25) is 0 Å². The predicted octanol–water partition coefficient (Wildman–Crippen LogP) is 0.733. The standard InChI is InChI=1S/C7H12O3S/c1-5(11-9)6(8)10-7(2,3)4/h1-4H3. The van der Waals surface area contributed by atoms with Crippen LogP contribution < -0.4 is 0 Å². The van der Waals surface area contributed by atoms with E-state index < -0.39 is 11.6 Å². The fourth-order valence-corrected chi connectivity index (χ4v) is 0.494. The van der Waals surface area contributed by atoms with Gasteiger partial charge in [-0.15, -0.1) is 0 Å². The van der Waals surface area contributed by atoms with Crippen LogP contribution in [0.25, 0.3) is 0 Å². The first kappa shape index (κ1) is 10.4. The monoisotopic (exact) mass is 176 g/mol. The molecule has 0 bridgehead atoms. The first-order valence-corrected chi connectivity index (χ1v) is 3.97. The molecule has 0 saturated carbocycles. The van der Waals surface area contributed by atoms with Gasteiger partial charge in [-0.3, -0.25) is 0 Å². The quantitative estimate of drug-likeness (QED) is 0.437. The molecule has 0 spiro atoms. The Hall–Kier alpha value is -0.640. The summed E-state index contributed by atoms with van der Waals surface area (Å²) in [6.07, 6.45) is 0. The summed E-state index contributed by atoms with van der Waals surface area (Å²) in [6, 6.07) is 0. The average Bonchev–Trinajstić information content (AvgIpc) is 1.82. The first-order valence-electron chi connectivity index (χ1n) is 3.23. The first-order chi connectivity index (χ1) is 4.87. The molecule has 0 rings (SSSR count). The zero-order valence-corrected chi connectivity index (χ0v) is 7.95. The van der Waals surface area contributed by atoms with Crippen LogP contribution >= 0.6 is 0 Å². The van der Waals surface area contributed by atoms with Gasteiger partial charge in [-0.05, 0) is 27.7 Å². The van der Waals surface area contributed by atoms with Crippen molar-refractivity contribution in [3.8, 4) is 0 Å². The number of ether oxygens (including phenoxy) is 1. The van der Waals surface area contributed by atoms with E-state index in [1.165, 1.54) is 6.92 Å². The van der Waals surface area contributed by atoms with Gasteiger partial charge in [0.1, 0.15) is 10.5 Å². The molecule has 0 atom stereocenters. The Labute approximate surface area is 69.8 Å². The minimum Gasteiger partial charge on any atom is -0.456 e. The van der Waals surface area contributed by atoms with Gasteiger partial charge in [0.2, 0.25) is 0 Å². The molecule has 11 heavy (non-hydrogen) atoms. The predicted molar refractivity (Wildman–Crippen MR) is 44.7 cm³/mol. The van der Waals surface area contributed by atoms with Crippen molar-refractivity contribution in [2.75, 3.05) is 0 Å². The molecule has 0 heterocycles. The molecule has 0 aliphatic heterocycles. The third kappa shape index (κ3) is 4.72. The SMILES string of the molecule is CC(=S=O)C(=O)OC(C)(C)C. The van der Waals surface area contributed by atoms with Crippen LogP contribution in [0.3, 0.4) is 0 Å². The molecule has 0 aliphatic carbocycles. The van der Waals surface area contributed by atoms with E-state index >= 15 is 0 Å². The van der Waals surface area contributed by atoms with Crippen LogP contribution in [0.15, 0.2) is 0 Å². The van der Waals surface area contributed by atoms with E-state index in [0.29, 0.717) is 0 Å². The smallest absolute Gasteiger partial charge is 0.347 e. The second kappa shape index (κ2) is 3.67. The number of carbonyl (C=O) groups is 1. The van der Waals surface area contributed by atoms with Crippen LogP contribution in [-0.4, -0.2) is 20.6 Å². The minimum absolute atomic E-state index is 0.139. The molecule has 0 radical (unpaired) electrons.